The molecule has 1 atom stereocenters. The van der Waals surface area contributed by atoms with Crippen molar-refractivity contribution in [2.24, 2.45) is 0 Å². The van der Waals surface area contributed by atoms with Crippen LogP contribution in [0.5, 0.6) is 0 Å². The van der Waals surface area contributed by atoms with Crippen molar-refractivity contribution in [1.82, 2.24) is 10.2 Å². The van der Waals surface area contributed by atoms with E-state index in [1.54, 1.807) is 6.07 Å². The highest BCUT2D eigenvalue weighted by molar-refractivity contribution is 6.31. The summed E-state index contributed by atoms with van der Waals surface area (Å²) >= 11 is 5.91. The van der Waals surface area contributed by atoms with Crippen LogP contribution < -0.4 is 5.32 Å². The molecule has 130 valence electrons. The van der Waals surface area contributed by atoms with E-state index in [-0.39, 0.29) is 11.1 Å². The van der Waals surface area contributed by atoms with Gasteiger partial charge in [0.15, 0.2) is 0 Å². The normalized spacial score (nSPS) is 18.1. The molecule has 0 aliphatic carbocycles. The van der Waals surface area contributed by atoms with Crippen LogP contribution in [-0.2, 0) is 6.18 Å². The summed E-state index contributed by atoms with van der Waals surface area (Å²) in [5.74, 6) is 0. The largest absolute Gasteiger partial charge is 0.417 e. The molecule has 1 N–H and O–H groups in total. The number of halogens is 4. The van der Waals surface area contributed by atoms with Crippen LogP contribution in [0.3, 0.4) is 0 Å². The van der Waals surface area contributed by atoms with Gasteiger partial charge in [-0.3, -0.25) is 4.90 Å². The predicted octanol–water partition coefficient (Wildman–Crippen LogP) is 4.89. The predicted molar refractivity (Wildman–Crippen MR) is 87.8 cm³/mol. The third-order valence-corrected chi connectivity index (χ3v) is 4.67. The Hall–Kier alpha value is -0.780. The molecule has 0 unspecified atom stereocenters. The smallest absolute Gasteiger partial charge is 0.314 e. The number of alkyl halides is 3. The number of nitrogens with one attached hydrogen (secondary N) is 1. The lowest BCUT2D eigenvalue weighted by Gasteiger charge is -2.35. The lowest BCUT2D eigenvalue weighted by molar-refractivity contribution is -0.137. The van der Waals surface area contributed by atoms with E-state index in [0.29, 0.717) is 0 Å². The molecule has 1 aliphatic heterocycles. The first-order chi connectivity index (χ1) is 10.9. The highest BCUT2D eigenvalue weighted by Crippen LogP contribution is 2.37. The number of nitrogens with zero attached hydrogens (tertiary/aromatic N) is 1. The zero-order chi connectivity index (χ0) is 16.9. The molecule has 1 aromatic rings. The summed E-state index contributed by atoms with van der Waals surface area (Å²) in [6.07, 6.45) is -0.110. The molecule has 0 aromatic heterocycles. The van der Waals surface area contributed by atoms with E-state index < -0.39 is 11.7 Å². The lowest BCUT2D eigenvalue weighted by atomic mass is 9.97. The number of hydrogen-bond donors (Lipinski definition) is 1. The zero-order valence-corrected chi connectivity index (χ0v) is 14.2. The quantitative estimate of drug-likeness (QED) is 0.737. The van der Waals surface area contributed by atoms with Gasteiger partial charge in [-0.05, 0) is 24.1 Å². The standard InChI is InChI=1S/C17H24ClF3N2/c1-2-3-4-5-16(23-10-8-22-9-11-23)13-6-7-14(15(18)12-13)17(19,20)21/h6-7,12,16,22H,2-5,8-11H2,1H3/t16-/m1/s1. The Balaban J connectivity index is 2.21. The van der Waals surface area contributed by atoms with Crippen LogP contribution in [0.4, 0.5) is 13.2 Å². The third-order valence-electron chi connectivity index (χ3n) is 4.36. The van der Waals surface area contributed by atoms with E-state index in [1.165, 1.54) is 6.07 Å². The Morgan fingerprint density at radius 1 is 1.22 bits per heavy atom. The topological polar surface area (TPSA) is 15.3 Å². The Morgan fingerprint density at radius 2 is 1.91 bits per heavy atom. The van der Waals surface area contributed by atoms with Crippen molar-refractivity contribution >= 4 is 11.6 Å². The fourth-order valence-corrected chi connectivity index (χ4v) is 3.41. The summed E-state index contributed by atoms with van der Waals surface area (Å²) in [4.78, 5) is 2.35. The number of benzene rings is 1. The fourth-order valence-electron chi connectivity index (χ4n) is 3.11. The molecule has 1 aliphatic rings. The highest BCUT2D eigenvalue weighted by atomic mass is 35.5. The molecule has 2 nitrogen and oxygen atoms in total. The number of unbranched alkanes of at least 4 members (excludes halogenated alkanes) is 2. The molecule has 1 heterocycles. The van der Waals surface area contributed by atoms with Crippen LogP contribution in [-0.4, -0.2) is 31.1 Å². The summed E-state index contributed by atoms with van der Waals surface area (Å²) in [5.41, 5.74) is 0.136. The second-order valence-electron chi connectivity index (χ2n) is 6.03. The monoisotopic (exact) mass is 348 g/mol. The van der Waals surface area contributed by atoms with Crippen molar-refractivity contribution in [3.05, 3.63) is 34.3 Å². The number of hydrogen-bond acceptors (Lipinski definition) is 2. The van der Waals surface area contributed by atoms with Gasteiger partial charge in [0, 0.05) is 32.2 Å². The van der Waals surface area contributed by atoms with Gasteiger partial charge in [0.05, 0.1) is 10.6 Å². The summed E-state index contributed by atoms with van der Waals surface area (Å²) in [7, 11) is 0. The zero-order valence-electron chi connectivity index (χ0n) is 13.4. The molecule has 0 saturated carbocycles. The van der Waals surface area contributed by atoms with E-state index in [4.69, 9.17) is 11.6 Å². The fraction of sp³-hybridized carbons (Fsp3) is 0.647. The van der Waals surface area contributed by atoms with Crippen molar-refractivity contribution in [2.75, 3.05) is 26.2 Å². The highest BCUT2D eigenvalue weighted by Gasteiger charge is 2.33. The Bertz CT molecular complexity index is 499. The van der Waals surface area contributed by atoms with E-state index >= 15 is 0 Å². The molecule has 6 heteroatoms. The molecule has 1 aromatic carbocycles. The van der Waals surface area contributed by atoms with Crippen LogP contribution in [0.2, 0.25) is 5.02 Å². The van der Waals surface area contributed by atoms with E-state index in [1.807, 2.05) is 0 Å². The van der Waals surface area contributed by atoms with Crippen LogP contribution >= 0.6 is 11.6 Å². The summed E-state index contributed by atoms with van der Waals surface area (Å²) in [6, 6.07) is 4.35. The maximum Gasteiger partial charge on any atom is 0.417 e. The molecular formula is C17H24ClF3N2. The van der Waals surface area contributed by atoms with Gasteiger partial charge in [-0.25, -0.2) is 0 Å². The molecule has 23 heavy (non-hydrogen) atoms. The minimum absolute atomic E-state index is 0.142. The van der Waals surface area contributed by atoms with Gasteiger partial charge in [-0.1, -0.05) is 43.9 Å². The van der Waals surface area contributed by atoms with Gasteiger partial charge in [-0.2, -0.15) is 13.2 Å². The molecule has 1 saturated heterocycles. The minimum atomic E-state index is -4.40. The van der Waals surface area contributed by atoms with E-state index in [2.05, 4.69) is 17.1 Å². The summed E-state index contributed by atoms with van der Waals surface area (Å²) in [6.45, 7) is 5.80. The molecular weight excluding hydrogens is 325 g/mol. The van der Waals surface area contributed by atoms with Gasteiger partial charge < -0.3 is 5.32 Å². The van der Waals surface area contributed by atoms with Crippen LogP contribution in [0.15, 0.2) is 18.2 Å². The molecule has 2 rings (SSSR count). The molecule has 0 bridgehead atoms. The second-order valence-corrected chi connectivity index (χ2v) is 6.44. The first kappa shape index (κ1) is 18.6. The number of rotatable bonds is 6. The first-order valence-corrected chi connectivity index (χ1v) is 8.62. The average Bonchev–Trinajstić information content (AvgIpc) is 2.51. The average molecular weight is 349 g/mol. The maximum atomic E-state index is 12.9. The molecule has 0 spiro atoms. The van der Waals surface area contributed by atoms with Gasteiger partial charge >= 0.3 is 6.18 Å². The van der Waals surface area contributed by atoms with Gasteiger partial charge in [-0.15, -0.1) is 0 Å². The summed E-state index contributed by atoms with van der Waals surface area (Å²) < 4.78 is 38.6. The Kier molecular flexibility index (Phi) is 6.74. The van der Waals surface area contributed by atoms with Crippen molar-refractivity contribution in [1.29, 1.82) is 0 Å². The second kappa shape index (κ2) is 8.36. The van der Waals surface area contributed by atoms with Crippen LogP contribution in [0, 0.1) is 0 Å². The van der Waals surface area contributed by atoms with Crippen LogP contribution in [0.25, 0.3) is 0 Å². The van der Waals surface area contributed by atoms with E-state index in [0.717, 1.165) is 63.5 Å². The third kappa shape index (κ3) is 5.10. The van der Waals surface area contributed by atoms with Crippen molar-refractivity contribution in [3.63, 3.8) is 0 Å². The van der Waals surface area contributed by atoms with Crippen molar-refractivity contribution < 1.29 is 13.2 Å². The Labute approximate surface area is 141 Å². The first-order valence-electron chi connectivity index (χ1n) is 8.25. The SMILES string of the molecule is CCCCC[C@H](c1ccc(C(F)(F)F)c(Cl)c1)N1CCNCC1. The molecule has 1 fully saturated rings. The minimum Gasteiger partial charge on any atom is -0.314 e. The Morgan fingerprint density at radius 3 is 2.48 bits per heavy atom. The molecule has 0 amide bonds. The lowest BCUT2D eigenvalue weighted by Crippen LogP contribution is -2.45. The van der Waals surface area contributed by atoms with Gasteiger partial charge in [0.1, 0.15) is 0 Å². The maximum absolute atomic E-state index is 12.9. The van der Waals surface area contributed by atoms with E-state index in [9.17, 15) is 13.2 Å². The number of piperazine rings is 1. The van der Waals surface area contributed by atoms with Crippen LogP contribution in [0.1, 0.15) is 49.8 Å². The van der Waals surface area contributed by atoms with Gasteiger partial charge in [0.25, 0.3) is 0 Å². The van der Waals surface area contributed by atoms with Crippen molar-refractivity contribution in [2.45, 2.75) is 44.8 Å². The van der Waals surface area contributed by atoms with Crippen molar-refractivity contribution in [3.8, 4) is 0 Å². The summed E-state index contributed by atoms with van der Waals surface area (Å²) in [5, 5.41) is 3.11. The molecule has 0 radical (unpaired) electrons. The van der Waals surface area contributed by atoms with Gasteiger partial charge in [0.2, 0.25) is 0 Å².